The first-order chi connectivity index (χ1) is 9.54. The third-order valence-electron chi connectivity index (χ3n) is 3.54. The average molecular weight is 332 g/mol. The van der Waals surface area contributed by atoms with Crippen molar-refractivity contribution in [1.82, 2.24) is 9.44 Å². The van der Waals surface area contributed by atoms with Crippen molar-refractivity contribution in [3.63, 3.8) is 0 Å². The van der Waals surface area contributed by atoms with Crippen LogP contribution in [0.2, 0.25) is 0 Å². The van der Waals surface area contributed by atoms with Crippen molar-refractivity contribution in [2.45, 2.75) is 44.7 Å². The Hall–Kier alpha value is -0.870. The standard InChI is InChI=1S/C11H19F3N2O4S/c12-11(13,14)8-16-21(19,20)15-7-10(6-9(17)18)4-2-1-3-5-10/h15-16H,1-8H2,(H,17,18). The van der Waals surface area contributed by atoms with Crippen LogP contribution in [0.1, 0.15) is 38.5 Å². The molecule has 0 aromatic carbocycles. The molecular weight excluding hydrogens is 313 g/mol. The molecule has 10 heteroatoms. The highest BCUT2D eigenvalue weighted by atomic mass is 32.2. The molecule has 0 atom stereocenters. The van der Waals surface area contributed by atoms with E-state index in [1.807, 2.05) is 4.72 Å². The molecule has 0 aliphatic heterocycles. The lowest BCUT2D eigenvalue weighted by atomic mass is 9.72. The normalized spacial score (nSPS) is 19.4. The van der Waals surface area contributed by atoms with E-state index in [9.17, 15) is 26.4 Å². The van der Waals surface area contributed by atoms with Crippen LogP contribution in [0.15, 0.2) is 0 Å². The summed E-state index contributed by atoms with van der Waals surface area (Å²) in [6.45, 7) is -1.83. The van der Waals surface area contributed by atoms with E-state index in [1.165, 1.54) is 4.72 Å². The topological polar surface area (TPSA) is 95.5 Å². The predicted molar refractivity (Wildman–Crippen MR) is 68.8 cm³/mol. The molecule has 0 radical (unpaired) electrons. The molecule has 1 fully saturated rings. The summed E-state index contributed by atoms with van der Waals surface area (Å²) in [6.07, 6.45) is -1.24. The zero-order chi connectivity index (χ0) is 16.1. The molecule has 3 N–H and O–H groups in total. The van der Waals surface area contributed by atoms with Gasteiger partial charge in [-0.15, -0.1) is 0 Å². The Balaban J connectivity index is 2.61. The van der Waals surface area contributed by atoms with Crippen LogP contribution in [0, 0.1) is 5.41 Å². The molecular formula is C11H19F3N2O4S. The van der Waals surface area contributed by atoms with Gasteiger partial charge in [-0.05, 0) is 18.3 Å². The van der Waals surface area contributed by atoms with Crippen molar-refractivity contribution in [2.24, 2.45) is 5.41 Å². The Morgan fingerprint density at radius 1 is 1.14 bits per heavy atom. The fourth-order valence-corrected chi connectivity index (χ4v) is 3.47. The molecule has 1 rings (SSSR count). The summed E-state index contributed by atoms with van der Waals surface area (Å²) in [7, 11) is -4.30. The summed E-state index contributed by atoms with van der Waals surface area (Å²) in [4.78, 5) is 10.9. The van der Waals surface area contributed by atoms with E-state index in [0.717, 1.165) is 19.3 Å². The van der Waals surface area contributed by atoms with E-state index < -0.39 is 34.3 Å². The summed E-state index contributed by atoms with van der Waals surface area (Å²) < 4.78 is 62.4. The monoisotopic (exact) mass is 332 g/mol. The predicted octanol–water partition coefficient (Wildman–Crippen LogP) is 1.40. The highest BCUT2D eigenvalue weighted by Gasteiger charge is 2.36. The first kappa shape index (κ1) is 18.2. The number of hydrogen-bond donors (Lipinski definition) is 3. The van der Waals surface area contributed by atoms with Gasteiger partial charge in [-0.3, -0.25) is 4.79 Å². The SMILES string of the molecule is O=C(O)CC1(CNS(=O)(=O)NCC(F)(F)F)CCCCC1. The largest absolute Gasteiger partial charge is 0.481 e. The van der Waals surface area contributed by atoms with Crippen LogP contribution in [-0.2, 0) is 15.0 Å². The quantitative estimate of drug-likeness (QED) is 0.657. The molecule has 0 aromatic rings. The summed E-state index contributed by atoms with van der Waals surface area (Å²) >= 11 is 0. The molecule has 0 amide bonds. The second-order valence-electron chi connectivity index (χ2n) is 5.39. The van der Waals surface area contributed by atoms with Crippen LogP contribution in [0.4, 0.5) is 13.2 Å². The van der Waals surface area contributed by atoms with Gasteiger partial charge in [0.1, 0.15) is 6.54 Å². The van der Waals surface area contributed by atoms with Gasteiger partial charge in [0.15, 0.2) is 0 Å². The van der Waals surface area contributed by atoms with Gasteiger partial charge in [-0.25, -0.2) is 4.72 Å². The zero-order valence-electron chi connectivity index (χ0n) is 11.4. The Kier molecular flexibility index (Phi) is 6.00. The number of hydrogen-bond acceptors (Lipinski definition) is 3. The third-order valence-corrected chi connectivity index (χ3v) is 4.59. The van der Waals surface area contributed by atoms with Crippen molar-refractivity contribution in [1.29, 1.82) is 0 Å². The molecule has 0 heterocycles. The number of halogens is 3. The molecule has 21 heavy (non-hydrogen) atoms. The van der Waals surface area contributed by atoms with Gasteiger partial charge in [0.2, 0.25) is 0 Å². The maximum atomic E-state index is 12.0. The van der Waals surface area contributed by atoms with E-state index in [-0.39, 0.29) is 13.0 Å². The highest BCUT2D eigenvalue weighted by Crippen LogP contribution is 2.38. The molecule has 1 aliphatic rings. The summed E-state index contributed by atoms with van der Waals surface area (Å²) in [6, 6.07) is 0. The Bertz CT molecular complexity index is 459. The summed E-state index contributed by atoms with van der Waals surface area (Å²) in [5.74, 6) is -1.04. The van der Waals surface area contributed by atoms with Gasteiger partial charge in [0.25, 0.3) is 10.2 Å². The fraction of sp³-hybridized carbons (Fsp3) is 0.909. The van der Waals surface area contributed by atoms with Crippen LogP contribution in [0.25, 0.3) is 0 Å². The minimum Gasteiger partial charge on any atom is -0.481 e. The van der Waals surface area contributed by atoms with Crippen LogP contribution >= 0.6 is 0 Å². The van der Waals surface area contributed by atoms with Crippen LogP contribution in [0.3, 0.4) is 0 Å². The second kappa shape index (κ2) is 6.93. The number of rotatable bonds is 7. The highest BCUT2D eigenvalue weighted by molar-refractivity contribution is 7.87. The number of carboxylic acid groups (broad SMARTS) is 1. The third kappa shape index (κ3) is 7.09. The number of nitrogens with one attached hydrogen (secondary N) is 2. The number of alkyl halides is 3. The molecule has 0 unspecified atom stereocenters. The van der Waals surface area contributed by atoms with E-state index in [4.69, 9.17) is 5.11 Å². The number of aliphatic carboxylic acids is 1. The van der Waals surface area contributed by atoms with Gasteiger partial charge in [-0.1, -0.05) is 19.3 Å². The van der Waals surface area contributed by atoms with Crippen LogP contribution in [-0.4, -0.2) is 38.8 Å². The Labute approximate surface area is 121 Å². The number of carbonyl (C=O) groups is 1. The van der Waals surface area contributed by atoms with E-state index in [2.05, 4.69) is 0 Å². The van der Waals surface area contributed by atoms with Gasteiger partial charge >= 0.3 is 12.1 Å². The molecule has 0 bridgehead atoms. The van der Waals surface area contributed by atoms with Gasteiger partial charge < -0.3 is 5.11 Å². The van der Waals surface area contributed by atoms with Crippen LogP contribution in [0.5, 0.6) is 0 Å². The minimum absolute atomic E-state index is 0.174. The maximum Gasteiger partial charge on any atom is 0.402 e. The Morgan fingerprint density at radius 2 is 1.71 bits per heavy atom. The molecule has 1 aliphatic carbocycles. The molecule has 1 saturated carbocycles. The molecule has 124 valence electrons. The first-order valence-corrected chi connectivity index (χ1v) is 8.05. The van der Waals surface area contributed by atoms with Crippen molar-refractivity contribution in [3.05, 3.63) is 0 Å². The molecule has 6 nitrogen and oxygen atoms in total. The zero-order valence-corrected chi connectivity index (χ0v) is 12.2. The number of carboxylic acids is 1. The Morgan fingerprint density at radius 3 is 2.19 bits per heavy atom. The van der Waals surface area contributed by atoms with E-state index in [1.54, 1.807) is 0 Å². The summed E-state index contributed by atoms with van der Waals surface area (Å²) in [5.41, 5.74) is -0.725. The second-order valence-corrected chi connectivity index (χ2v) is 6.98. The lowest BCUT2D eigenvalue weighted by molar-refractivity contribution is -0.140. The fourth-order valence-electron chi connectivity index (χ4n) is 2.51. The smallest absolute Gasteiger partial charge is 0.402 e. The van der Waals surface area contributed by atoms with Crippen molar-refractivity contribution < 1.29 is 31.5 Å². The van der Waals surface area contributed by atoms with Gasteiger partial charge in [-0.2, -0.15) is 26.3 Å². The van der Waals surface area contributed by atoms with Crippen LogP contribution < -0.4 is 9.44 Å². The lowest BCUT2D eigenvalue weighted by Gasteiger charge is -2.36. The summed E-state index contributed by atoms with van der Waals surface area (Å²) in [5, 5.41) is 8.93. The van der Waals surface area contributed by atoms with Crippen molar-refractivity contribution >= 4 is 16.2 Å². The van der Waals surface area contributed by atoms with Crippen molar-refractivity contribution in [2.75, 3.05) is 13.1 Å². The lowest BCUT2D eigenvalue weighted by Crippen LogP contribution is -2.46. The first-order valence-electron chi connectivity index (χ1n) is 6.56. The molecule has 0 saturated heterocycles. The van der Waals surface area contributed by atoms with Gasteiger partial charge in [0, 0.05) is 6.54 Å². The molecule has 0 spiro atoms. The van der Waals surface area contributed by atoms with Crippen molar-refractivity contribution in [3.8, 4) is 0 Å². The van der Waals surface area contributed by atoms with E-state index >= 15 is 0 Å². The van der Waals surface area contributed by atoms with Gasteiger partial charge in [0.05, 0.1) is 6.42 Å². The molecule has 0 aromatic heterocycles. The minimum atomic E-state index is -4.64. The average Bonchev–Trinajstić information content (AvgIpc) is 2.34. The maximum absolute atomic E-state index is 12.0. The van der Waals surface area contributed by atoms with E-state index in [0.29, 0.717) is 12.8 Å².